The zero-order valence-corrected chi connectivity index (χ0v) is 9.08. The molecule has 0 aromatic heterocycles. The summed E-state index contributed by atoms with van der Waals surface area (Å²) >= 11 is 0. The van der Waals surface area contributed by atoms with E-state index in [1.165, 1.54) is 19.3 Å². The van der Waals surface area contributed by atoms with Crippen molar-refractivity contribution in [3.8, 4) is 0 Å². The van der Waals surface area contributed by atoms with Gasteiger partial charge in [0.15, 0.2) is 0 Å². The molecule has 0 aliphatic heterocycles. The van der Waals surface area contributed by atoms with Crippen molar-refractivity contribution in [3.63, 3.8) is 0 Å². The van der Waals surface area contributed by atoms with Crippen molar-refractivity contribution < 1.29 is 18.3 Å². The highest BCUT2D eigenvalue weighted by Gasteiger charge is 2.66. The van der Waals surface area contributed by atoms with Crippen molar-refractivity contribution in [2.75, 3.05) is 0 Å². The molecule has 3 saturated carbocycles. The number of hydrogen-bond acceptors (Lipinski definition) is 1. The van der Waals surface area contributed by atoms with Gasteiger partial charge in [-0.15, -0.1) is 0 Å². The van der Waals surface area contributed by atoms with Gasteiger partial charge in [0.05, 0.1) is 6.10 Å². The van der Waals surface area contributed by atoms with Crippen LogP contribution in [-0.4, -0.2) is 17.4 Å². The molecule has 4 heteroatoms. The molecule has 5 unspecified atom stereocenters. The minimum Gasteiger partial charge on any atom is -0.393 e. The number of alkyl halides is 3. The first-order chi connectivity index (χ1) is 7.47. The Labute approximate surface area is 93.0 Å². The van der Waals surface area contributed by atoms with Gasteiger partial charge in [0.2, 0.25) is 0 Å². The Morgan fingerprint density at radius 1 is 1.12 bits per heavy atom. The molecular weight excluding hydrogens is 217 g/mol. The predicted molar refractivity (Wildman–Crippen MR) is 52.6 cm³/mol. The van der Waals surface area contributed by atoms with Crippen molar-refractivity contribution in [2.24, 2.45) is 29.6 Å². The molecule has 0 aromatic rings. The predicted octanol–water partition coefficient (Wildman–Crippen LogP) is 2.98. The minimum atomic E-state index is -4.12. The van der Waals surface area contributed by atoms with E-state index in [1.807, 2.05) is 0 Å². The third kappa shape index (κ3) is 1.66. The van der Waals surface area contributed by atoms with Crippen molar-refractivity contribution in [3.05, 3.63) is 0 Å². The first kappa shape index (κ1) is 10.9. The Bertz CT molecular complexity index is 272. The number of rotatable bonds is 3. The quantitative estimate of drug-likeness (QED) is 0.796. The molecule has 0 saturated heterocycles. The number of aliphatic hydroxyl groups is 1. The van der Waals surface area contributed by atoms with Crippen LogP contribution >= 0.6 is 0 Å². The second-order valence-electron chi connectivity index (χ2n) is 5.79. The second kappa shape index (κ2) is 3.37. The zero-order valence-electron chi connectivity index (χ0n) is 9.08. The lowest BCUT2D eigenvalue weighted by atomic mass is 9.96. The molecule has 16 heavy (non-hydrogen) atoms. The number of halogens is 3. The highest BCUT2D eigenvalue weighted by atomic mass is 19.4. The van der Waals surface area contributed by atoms with Gasteiger partial charge < -0.3 is 5.11 Å². The van der Waals surface area contributed by atoms with Gasteiger partial charge in [-0.3, -0.25) is 0 Å². The summed E-state index contributed by atoms with van der Waals surface area (Å²) in [5.41, 5.74) is 0. The van der Waals surface area contributed by atoms with Crippen LogP contribution < -0.4 is 0 Å². The van der Waals surface area contributed by atoms with Crippen molar-refractivity contribution >= 4 is 0 Å². The molecule has 92 valence electrons. The van der Waals surface area contributed by atoms with E-state index in [1.54, 1.807) is 0 Å². The topological polar surface area (TPSA) is 20.2 Å². The van der Waals surface area contributed by atoms with Crippen LogP contribution in [-0.2, 0) is 0 Å². The Morgan fingerprint density at radius 3 is 2.19 bits per heavy atom. The summed E-state index contributed by atoms with van der Waals surface area (Å²) in [6.45, 7) is 0. The van der Waals surface area contributed by atoms with Gasteiger partial charge in [0.25, 0.3) is 0 Å². The van der Waals surface area contributed by atoms with Crippen LogP contribution in [0.5, 0.6) is 0 Å². The van der Waals surface area contributed by atoms with E-state index in [0.717, 1.165) is 11.8 Å². The standard InChI is InChI=1S/C12H17F3O/c13-12(14,15)4-3-8(16)11-9-6-1-2-7(5-6)10(9)11/h6-11,16H,1-5H2. The smallest absolute Gasteiger partial charge is 0.389 e. The Hall–Kier alpha value is -0.250. The van der Waals surface area contributed by atoms with E-state index in [9.17, 15) is 18.3 Å². The number of fused-ring (bicyclic) bond motifs is 5. The molecule has 3 aliphatic rings. The van der Waals surface area contributed by atoms with Gasteiger partial charge in [-0.1, -0.05) is 0 Å². The van der Waals surface area contributed by atoms with Crippen LogP contribution in [0.2, 0.25) is 0 Å². The summed E-state index contributed by atoms with van der Waals surface area (Å²) in [5.74, 6) is 2.79. The first-order valence-corrected chi connectivity index (χ1v) is 6.22. The van der Waals surface area contributed by atoms with Crippen molar-refractivity contribution in [1.82, 2.24) is 0 Å². The van der Waals surface area contributed by atoms with Gasteiger partial charge >= 0.3 is 6.18 Å². The maximum absolute atomic E-state index is 12.0. The molecule has 1 nitrogen and oxygen atoms in total. The van der Waals surface area contributed by atoms with E-state index in [2.05, 4.69) is 0 Å². The number of hydrogen-bond donors (Lipinski definition) is 1. The molecule has 0 spiro atoms. The average Bonchev–Trinajstić information content (AvgIpc) is 2.63. The van der Waals surface area contributed by atoms with Gasteiger partial charge in [0, 0.05) is 6.42 Å². The Balaban J connectivity index is 1.53. The molecular formula is C12H17F3O. The van der Waals surface area contributed by atoms with E-state index < -0.39 is 18.7 Å². The van der Waals surface area contributed by atoms with Crippen LogP contribution in [0.1, 0.15) is 32.1 Å². The third-order valence-electron chi connectivity index (χ3n) is 4.96. The second-order valence-corrected chi connectivity index (χ2v) is 5.79. The van der Waals surface area contributed by atoms with Crippen LogP contribution in [0, 0.1) is 29.6 Å². The van der Waals surface area contributed by atoms with E-state index in [-0.39, 0.29) is 12.3 Å². The average molecular weight is 234 g/mol. The normalized spacial score (nSPS) is 46.9. The summed E-state index contributed by atoms with van der Waals surface area (Å²) < 4.78 is 36.1. The van der Waals surface area contributed by atoms with Crippen molar-refractivity contribution in [2.45, 2.75) is 44.4 Å². The fraction of sp³-hybridized carbons (Fsp3) is 1.00. The van der Waals surface area contributed by atoms with Gasteiger partial charge in [-0.2, -0.15) is 13.2 Å². The third-order valence-corrected chi connectivity index (χ3v) is 4.96. The van der Waals surface area contributed by atoms with Crippen LogP contribution in [0.25, 0.3) is 0 Å². The largest absolute Gasteiger partial charge is 0.393 e. The molecule has 5 atom stereocenters. The molecule has 3 aliphatic carbocycles. The summed E-state index contributed by atoms with van der Waals surface area (Å²) in [7, 11) is 0. The zero-order chi connectivity index (χ0) is 11.5. The highest BCUT2D eigenvalue weighted by Crippen LogP contribution is 2.70. The lowest BCUT2D eigenvalue weighted by molar-refractivity contribution is -0.140. The molecule has 3 fully saturated rings. The fourth-order valence-corrected chi connectivity index (χ4v) is 4.41. The summed E-state index contributed by atoms with van der Waals surface area (Å²) in [6.07, 6.45) is -2.00. The molecule has 2 bridgehead atoms. The molecule has 0 radical (unpaired) electrons. The summed E-state index contributed by atoms with van der Waals surface area (Å²) in [6, 6.07) is 0. The SMILES string of the molecule is OC(CCC(F)(F)F)C1C2C3CCC(C3)C12. The van der Waals surface area contributed by atoms with E-state index >= 15 is 0 Å². The minimum absolute atomic E-state index is 0.0966. The summed E-state index contributed by atoms with van der Waals surface area (Å²) in [5, 5.41) is 9.82. The Kier molecular flexibility index (Phi) is 2.29. The van der Waals surface area contributed by atoms with Crippen LogP contribution in [0.4, 0.5) is 13.2 Å². The molecule has 0 amide bonds. The van der Waals surface area contributed by atoms with Crippen LogP contribution in [0.15, 0.2) is 0 Å². The summed E-state index contributed by atoms with van der Waals surface area (Å²) in [4.78, 5) is 0. The lowest BCUT2D eigenvalue weighted by Crippen LogP contribution is -2.19. The molecule has 0 aromatic carbocycles. The van der Waals surface area contributed by atoms with Gasteiger partial charge in [0.1, 0.15) is 0 Å². The van der Waals surface area contributed by atoms with Crippen LogP contribution in [0.3, 0.4) is 0 Å². The maximum atomic E-state index is 12.0. The first-order valence-electron chi connectivity index (χ1n) is 6.22. The molecule has 3 rings (SSSR count). The highest BCUT2D eigenvalue weighted by molar-refractivity contribution is 5.14. The lowest BCUT2D eigenvalue weighted by Gasteiger charge is -2.15. The Morgan fingerprint density at radius 2 is 1.69 bits per heavy atom. The maximum Gasteiger partial charge on any atom is 0.389 e. The van der Waals surface area contributed by atoms with Gasteiger partial charge in [-0.25, -0.2) is 0 Å². The van der Waals surface area contributed by atoms with E-state index in [4.69, 9.17) is 0 Å². The van der Waals surface area contributed by atoms with Gasteiger partial charge in [-0.05, 0) is 55.3 Å². The fourth-order valence-electron chi connectivity index (χ4n) is 4.41. The molecule has 1 N–H and O–H groups in total. The monoisotopic (exact) mass is 234 g/mol. The van der Waals surface area contributed by atoms with Crippen molar-refractivity contribution in [1.29, 1.82) is 0 Å². The number of aliphatic hydroxyl groups excluding tert-OH is 1. The van der Waals surface area contributed by atoms with E-state index in [0.29, 0.717) is 11.8 Å². The molecule has 0 heterocycles.